The molecular weight excluding hydrogens is 505 g/mol. The summed E-state index contributed by atoms with van der Waals surface area (Å²) in [6.45, 7) is 10.7. The standard InChI is InChI=1S/C20H33N3O4S.HI/c1-6-21-19(23-15(2)9-12-28(5,24)25)22-14-20(3,4)16-7-8-17-18(13-16)27-11-10-26-17;/h7-8,13,15H,6,9-12,14H2,1-5H3,(H2,21,22,23);1H. The largest absolute Gasteiger partial charge is 0.486 e. The highest BCUT2D eigenvalue weighted by atomic mass is 127. The Morgan fingerprint density at radius 2 is 1.90 bits per heavy atom. The van der Waals surface area contributed by atoms with Crippen LogP contribution in [0.2, 0.25) is 0 Å². The van der Waals surface area contributed by atoms with Gasteiger partial charge in [0, 0.05) is 24.3 Å². The smallest absolute Gasteiger partial charge is 0.191 e. The van der Waals surface area contributed by atoms with E-state index in [1.807, 2.05) is 26.0 Å². The third-order valence-corrected chi connectivity index (χ3v) is 5.58. The molecule has 0 saturated heterocycles. The van der Waals surface area contributed by atoms with Crippen molar-refractivity contribution in [3.8, 4) is 11.5 Å². The number of halogens is 1. The lowest BCUT2D eigenvalue weighted by Gasteiger charge is -2.27. The van der Waals surface area contributed by atoms with Gasteiger partial charge in [-0.15, -0.1) is 24.0 Å². The number of benzene rings is 1. The summed E-state index contributed by atoms with van der Waals surface area (Å²) >= 11 is 0. The van der Waals surface area contributed by atoms with E-state index in [9.17, 15) is 8.42 Å². The first kappa shape index (κ1) is 25.8. The van der Waals surface area contributed by atoms with Crippen LogP contribution in [0.4, 0.5) is 0 Å². The second-order valence-electron chi connectivity index (χ2n) is 7.90. The first-order chi connectivity index (χ1) is 13.1. The lowest BCUT2D eigenvalue weighted by Crippen LogP contribution is -2.43. The van der Waals surface area contributed by atoms with Gasteiger partial charge < -0.3 is 20.1 Å². The van der Waals surface area contributed by atoms with Gasteiger partial charge in [-0.2, -0.15) is 0 Å². The zero-order valence-corrected chi connectivity index (χ0v) is 21.1. The number of rotatable bonds is 8. The molecule has 166 valence electrons. The Hall–Kier alpha value is -1.23. The molecule has 1 aromatic rings. The topological polar surface area (TPSA) is 89.0 Å². The van der Waals surface area contributed by atoms with Crippen molar-refractivity contribution < 1.29 is 17.9 Å². The molecule has 2 rings (SSSR count). The van der Waals surface area contributed by atoms with E-state index in [1.165, 1.54) is 6.26 Å². The fourth-order valence-corrected chi connectivity index (χ4v) is 3.63. The van der Waals surface area contributed by atoms with E-state index in [1.54, 1.807) is 0 Å². The molecule has 0 radical (unpaired) electrons. The van der Waals surface area contributed by atoms with E-state index in [4.69, 9.17) is 14.5 Å². The molecule has 0 spiro atoms. The molecule has 0 amide bonds. The molecule has 1 aromatic carbocycles. The van der Waals surface area contributed by atoms with Gasteiger partial charge in [-0.3, -0.25) is 4.99 Å². The van der Waals surface area contributed by atoms with Gasteiger partial charge in [0.05, 0.1) is 12.3 Å². The van der Waals surface area contributed by atoms with Crippen LogP contribution in [-0.2, 0) is 15.3 Å². The van der Waals surface area contributed by atoms with Gasteiger partial charge in [0.2, 0.25) is 0 Å². The van der Waals surface area contributed by atoms with Crippen molar-refractivity contribution in [3.05, 3.63) is 23.8 Å². The van der Waals surface area contributed by atoms with Crippen LogP contribution < -0.4 is 20.1 Å². The molecule has 0 aliphatic carbocycles. The van der Waals surface area contributed by atoms with Gasteiger partial charge in [-0.1, -0.05) is 19.9 Å². The third kappa shape index (κ3) is 8.57. The van der Waals surface area contributed by atoms with Crippen molar-refractivity contribution in [2.75, 3.05) is 38.3 Å². The molecule has 0 bridgehead atoms. The van der Waals surface area contributed by atoms with Gasteiger partial charge in [0.1, 0.15) is 23.1 Å². The molecule has 1 aliphatic rings. The zero-order valence-electron chi connectivity index (χ0n) is 17.9. The second-order valence-corrected chi connectivity index (χ2v) is 10.2. The molecule has 1 atom stereocenters. The molecule has 1 unspecified atom stereocenters. The van der Waals surface area contributed by atoms with E-state index < -0.39 is 9.84 Å². The molecule has 9 heteroatoms. The number of guanidine groups is 1. The Morgan fingerprint density at radius 1 is 1.24 bits per heavy atom. The summed E-state index contributed by atoms with van der Waals surface area (Å²) in [7, 11) is -2.97. The molecule has 7 nitrogen and oxygen atoms in total. The Kier molecular flexibility index (Phi) is 10.0. The SMILES string of the molecule is CCNC(=NCC(C)(C)c1ccc2c(c1)OCCO2)NC(C)CCS(C)(=O)=O.I. The van der Waals surface area contributed by atoms with Crippen LogP contribution in [0.3, 0.4) is 0 Å². The first-order valence-corrected chi connectivity index (χ1v) is 11.8. The number of sulfone groups is 1. The van der Waals surface area contributed by atoms with Gasteiger partial charge in [0.15, 0.2) is 17.5 Å². The molecule has 0 aromatic heterocycles. The normalized spacial score (nSPS) is 15.3. The van der Waals surface area contributed by atoms with Crippen LogP contribution in [0.5, 0.6) is 11.5 Å². The molecule has 29 heavy (non-hydrogen) atoms. The molecule has 0 saturated carbocycles. The Morgan fingerprint density at radius 3 is 2.52 bits per heavy atom. The minimum Gasteiger partial charge on any atom is -0.486 e. The van der Waals surface area contributed by atoms with Gasteiger partial charge >= 0.3 is 0 Å². The lowest BCUT2D eigenvalue weighted by molar-refractivity contribution is 0.171. The predicted octanol–water partition coefficient (Wildman–Crippen LogP) is 2.73. The Bertz CT molecular complexity index is 797. The average molecular weight is 539 g/mol. The van der Waals surface area contributed by atoms with Gasteiger partial charge in [-0.05, 0) is 38.0 Å². The van der Waals surface area contributed by atoms with E-state index in [0.29, 0.717) is 32.1 Å². The first-order valence-electron chi connectivity index (χ1n) is 9.73. The fraction of sp³-hybridized carbons (Fsp3) is 0.650. The summed E-state index contributed by atoms with van der Waals surface area (Å²) in [5, 5.41) is 6.52. The molecule has 1 aliphatic heterocycles. The summed E-state index contributed by atoms with van der Waals surface area (Å²) < 4.78 is 34.0. The maximum absolute atomic E-state index is 11.4. The quantitative estimate of drug-likeness (QED) is 0.300. The highest BCUT2D eigenvalue weighted by Crippen LogP contribution is 2.35. The molecule has 1 heterocycles. The van der Waals surface area contributed by atoms with E-state index >= 15 is 0 Å². The highest BCUT2D eigenvalue weighted by Gasteiger charge is 2.23. The van der Waals surface area contributed by atoms with Gasteiger partial charge in [-0.25, -0.2) is 8.42 Å². The summed E-state index contributed by atoms with van der Waals surface area (Å²) in [5.74, 6) is 2.40. The maximum atomic E-state index is 11.4. The van der Waals surface area contributed by atoms with Crippen LogP contribution in [0.1, 0.15) is 39.7 Å². The van der Waals surface area contributed by atoms with Crippen LogP contribution in [0.25, 0.3) is 0 Å². The van der Waals surface area contributed by atoms with E-state index in [-0.39, 0.29) is 41.2 Å². The number of hydrogen-bond donors (Lipinski definition) is 2. The van der Waals surface area contributed by atoms with Gasteiger partial charge in [0.25, 0.3) is 0 Å². The monoisotopic (exact) mass is 539 g/mol. The summed E-state index contributed by atoms with van der Waals surface area (Å²) in [5.41, 5.74) is 0.926. The van der Waals surface area contributed by atoms with Crippen molar-refractivity contribution >= 4 is 39.8 Å². The lowest BCUT2D eigenvalue weighted by atomic mass is 9.84. The number of nitrogens with zero attached hydrogens (tertiary/aromatic N) is 1. The number of fused-ring (bicyclic) bond motifs is 1. The van der Waals surface area contributed by atoms with Crippen LogP contribution in [-0.4, -0.2) is 58.7 Å². The Labute approximate surface area is 192 Å². The highest BCUT2D eigenvalue weighted by molar-refractivity contribution is 14.0. The van der Waals surface area contributed by atoms with Crippen molar-refractivity contribution in [2.45, 2.75) is 45.6 Å². The van der Waals surface area contributed by atoms with Crippen molar-refractivity contribution in [1.82, 2.24) is 10.6 Å². The molecule has 0 fully saturated rings. The van der Waals surface area contributed by atoms with E-state index in [2.05, 4.69) is 30.5 Å². The van der Waals surface area contributed by atoms with Crippen LogP contribution in [0.15, 0.2) is 23.2 Å². The molecular formula is C20H34IN3O4S. The minimum atomic E-state index is -2.97. The summed E-state index contributed by atoms with van der Waals surface area (Å²) in [4.78, 5) is 4.73. The number of ether oxygens (including phenoxy) is 2. The van der Waals surface area contributed by atoms with Crippen LogP contribution >= 0.6 is 24.0 Å². The summed E-state index contributed by atoms with van der Waals surface area (Å²) in [6, 6.07) is 6.04. The Balaban J connectivity index is 0.00000420. The van der Waals surface area contributed by atoms with Crippen molar-refractivity contribution in [1.29, 1.82) is 0 Å². The van der Waals surface area contributed by atoms with Crippen molar-refractivity contribution in [3.63, 3.8) is 0 Å². The van der Waals surface area contributed by atoms with Crippen molar-refractivity contribution in [2.24, 2.45) is 4.99 Å². The predicted molar refractivity (Wildman–Crippen MR) is 129 cm³/mol. The fourth-order valence-electron chi connectivity index (χ4n) is 2.85. The number of aliphatic imine (C=N–C) groups is 1. The zero-order chi connectivity index (χ0) is 20.8. The molecule has 2 N–H and O–H groups in total. The average Bonchev–Trinajstić information content (AvgIpc) is 2.64. The maximum Gasteiger partial charge on any atom is 0.191 e. The number of nitrogens with one attached hydrogen (secondary N) is 2. The van der Waals surface area contributed by atoms with Crippen LogP contribution in [0, 0.1) is 0 Å². The third-order valence-electron chi connectivity index (χ3n) is 4.61. The summed E-state index contributed by atoms with van der Waals surface area (Å²) in [6.07, 6.45) is 1.80. The minimum absolute atomic E-state index is 0. The van der Waals surface area contributed by atoms with E-state index in [0.717, 1.165) is 23.6 Å². The number of hydrogen-bond acceptors (Lipinski definition) is 5. The second kappa shape index (κ2) is 11.2.